The van der Waals surface area contributed by atoms with Gasteiger partial charge in [-0.1, -0.05) is 5.16 Å². The van der Waals surface area contributed by atoms with E-state index < -0.39 is 0 Å². The molecule has 0 unspecified atom stereocenters. The van der Waals surface area contributed by atoms with Gasteiger partial charge < -0.3 is 14.4 Å². The maximum Gasteiger partial charge on any atom is 0.200 e. The van der Waals surface area contributed by atoms with E-state index in [1.807, 2.05) is 7.05 Å². The number of nitrogens with zero attached hydrogens (tertiary/aromatic N) is 4. The number of hydrogen-bond donors (Lipinski definition) is 1. The summed E-state index contributed by atoms with van der Waals surface area (Å²) in [5.74, 6) is 0. The number of imidazole rings is 1. The van der Waals surface area contributed by atoms with Gasteiger partial charge >= 0.3 is 0 Å². The fourth-order valence-corrected chi connectivity index (χ4v) is 1.12. The number of fused-ring (bicyclic) bond motifs is 1. The molecule has 0 atom stereocenters. The minimum atomic E-state index is 0.633. The minimum Gasteiger partial charge on any atom is -0.397 e. The molecule has 0 aliphatic carbocycles. The van der Waals surface area contributed by atoms with Crippen LogP contribution in [0.5, 0.6) is 0 Å². The van der Waals surface area contributed by atoms with Crippen molar-refractivity contribution in [1.29, 1.82) is 0 Å². The topological polar surface area (TPSA) is 68.1 Å². The van der Waals surface area contributed by atoms with Crippen LogP contribution in [0.15, 0.2) is 17.8 Å². The molecule has 6 heteroatoms. The predicted octanol–water partition coefficient (Wildman–Crippen LogP) is -0.242. The summed E-state index contributed by atoms with van der Waals surface area (Å²) in [6.07, 6.45) is 3.22. The van der Waals surface area contributed by atoms with Crippen LogP contribution in [0.1, 0.15) is 0 Å². The first-order valence-corrected chi connectivity index (χ1v) is 3.75. The zero-order chi connectivity index (χ0) is 9.26. The highest BCUT2D eigenvalue weighted by Crippen LogP contribution is 1.96. The van der Waals surface area contributed by atoms with Crippen molar-refractivity contribution in [3.05, 3.63) is 18.1 Å². The Morgan fingerprint density at radius 1 is 1.54 bits per heavy atom. The fraction of sp³-hybridized carbons (Fsp3) is 0.286. The third-order valence-corrected chi connectivity index (χ3v) is 1.71. The standard InChI is InChI=1S/C7H9N5O/c1-12-4-10-6-5(8-3-9-6)7(12)11-13-2/h3-4H,1-2H3,(H,8,9). The first-order chi connectivity index (χ1) is 6.33. The predicted molar refractivity (Wildman–Crippen MR) is 45.4 cm³/mol. The third-order valence-electron chi connectivity index (χ3n) is 1.71. The molecule has 0 aliphatic rings. The first-order valence-electron chi connectivity index (χ1n) is 3.75. The van der Waals surface area contributed by atoms with Crippen LogP contribution in [-0.4, -0.2) is 26.6 Å². The maximum atomic E-state index is 4.71. The van der Waals surface area contributed by atoms with Crippen LogP contribution in [0.25, 0.3) is 11.2 Å². The van der Waals surface area contributed by atoms with Crippen LogP contribution in [-0.2, 0) is 11.9 Å². The highest BCUT2D eigenvalue weighted by Gasteiger charge is 2.01. The lowest BCUT2D eigenvalue weighted by molar-refractivity contribution is 0.197. The highest BCUT2D eigenvalue weighted by molar-refractivity contribution is 5.67. The van der Waals surface area contributed by atoms with Crippen molar-refractivity contribution in [2.24, 2.45) is 12.2 Å². The summed E-state index contributed by atoms with van der Waals surface area (Å²) in [4.78, 5) is 15.8. The molecule has 2 heterocycles. The number of aryl methyl sites for hydroxylation is 1. The number of H-pyrrole nitrogens is 1. The molecule has 2 rings (SSSR count). The molecule has 0 saturated carbocycles. The Morgan fingerprint density at radius 3 is 3.15 bits per heavy atom. The van der Waals surface area contributed by atoms with Crippen molar-refractivity contribution in [2.45, 2.75) is 0 Å². The second kappa shape index (κ2) is 2.89. The van der Waals surface area contributed by atoms with Crippen molar-refractivity contribution >= 4 is 11.2 Å². The Kier molecular flexibility index (Phi) is 1.73. The highest BCUT2D eigenvalue weighted by atomic mass is 16.6. The largest absolute Gasteiger partial charge is 0.397 e. The van der Waals surface area contributed by atoms with Gasteiger partial charge in [0.15, 0.2) is 5.65 Å². The molecule has 2 aromatic rings. The van der Waals surface area contributed by atoms with E-state index in [1.165, 1.54) is 7.11 Å². The molecule has 0 aromatic carbocycles. The lowest BCUT2D eigenvalue weighted by atomic mass is 10.5. The van der Waals surface area contributed by atoms with Gasteiger partial charge in [0.2, 0.25) is 5.49 Å². The first kappa shape index (κ1) is 7.78. The molecule has 68 valence electrons. The Hall–Kier alpha value is -1.85. The molecular weight excluding hydrogens is 170 g/mol. The molecule has 13 heavy (non-hydrogen) atoms. The van der Waals surface area contributed by atoms with Crippen LogP contribution < -0.4 is 5.49 Å². The maximum absolute atomic E-state index is 4.71. The Bertz CT molecular complexity index is 483. The second-order valence-corrected chi connectivity index (χ2v) is 2.55. The lowest BCUT2D eigenvalue weighted by Crippen LogP contribution is -2.19. The van der Waals surface area contributed by atoms with Gasteiger partial charge in [0.25, 0.3) is 0 Å². The van der Waals surface area contributed by atoms with Crippen molar-refractivity contribution < 1.29 is 4.84 Å². The van der Waals surface area contributed by atoms with Crippen molar-refractivity contribution in [2.75, 3.05) is 7.11 Å². The van der Waals surface area contributed by atoms with Crippen LogP contribution >= 0.6 is 0 Å². The molecule has 0 aliphatic heterocycles. The zero-order valence-corrected chi connectivity index (χ0v) is 7.35. The summed E-state index contributed by atoms with van der Waals surface area (Å²) in [6.45, 7) is 0. The number of nitrogens with one attached hydrogen (secondary N) is 1. The van der Waals surface area contributed by atoms with Gasteiger partial charge in [0.05, 0.1) is 12.7 Å². The van der Waals surface area contributed by atoms with E-state index >= 15 is 0 Å². The zero-order valence-electron chi connectivity index (χ0n) is 7.35. The van der Waals surface area contributed by atoms with Gasteiger partial charge in [-0.25, -0.2) is 9.97 Å². The van der Waals surface area contributed by atoms with Gasteiger partial charge in [-0.2, -0.15) is 0 Å². The smallest absolute Gasteiger partial charge is 0.200 e. The van der Waals surface area contributed by atoms with E-state index in [9.17, 15) is 0 Å². The molecule has 0 spiro atoms. The fourth-order valence-electron chi connectivity index (χ4n) is 1.12. The summed E-state index contributed by atoms with van der Waals surface area (Å²) in [6, 6.07) is 0. The van der Waals surface area contributed by atoms with Crippen LogP contribution in [0.2, 0.25) is 0 Å². The number of rotatable bonds is 1. The van der Waals surface area contributed by atoms with E-state index in [2.05, 4.69) is 20.1 Å². The van der Waals surface area contributed by atoms with E-state index in [1.54, 1.807) is 17.2 Å². The Labute approximate surface area is 73.9 Å². The van der Waals surface area contributed by atoms with Crippen LogP contribution in [0.4, 0.5) is 0 Å². The van der Waals surface area contributed by atoms with Crippen molar-refractivity contribution in [1.82, 2.24) is 19.5 Å². The monoisotopic (exact) mass is 179 g/mol. The molecule has 0 fully saturated rings. The molecule has 0 amide bonds. The SMILES string of the molecule is CON=c1c2[nH]cnc2ncn1C. The normalized spacial score (nSPS) is 12.3. The van der Waals surface area contributed by atoms with Gasteiger partial charge in [0.1, 0.15) is 12.6 Å². The molecule has 0 bridgehead atoms. The molecule has 0 saturated heterocycles. The molecule has 0 radical (unpaired) electrons. The van der Waals surface area contributed by atoms with E-state index in [0.29, 0.717) is 11.1 Å². The Morgan fingerprint density at radius 2 is 2.38 bits per heavy atom. The average Bonchev–Trinajstić information content (AvgIpc) is 2.58. The number of aromatic amines is 1. The summed E-state index contributed by atoms with van der Waals surface area (Å²) in [5, 5.41) is 3.86. The van der Waals surface area contributed by atoms with Gasteiger partial charge in [-0.05, 0) is 0 Å². The summed E-state index contributed by atoms with van der Waals surface area (Å²) < 4.78 is 1.75. The van der Waals surface area contributed by atoms with Crippen molar-refractivity contribution in [3.63, 3.8) is 0 Å². The van der Waals surface area contributed by atoms with Crippen LogP contribution in [0, 0.1) is 0 Å². The molecule has 6 nitrogen and oxygen atoms in total. The third kappa shape index (κ3) is 1.16. The minimum absolute atomic E-state index is 0.633. The molecule has 2 aromatic heterocycles. The van der Waals surface area contributed by atoms with Crippen molar-refractivity contribution in [3.8, 4) is 0 Å². The summed E-state index contributed by atoms with van der Waals surface area (Å²) in [5.41, 5.74) is 2.07. The van der Waals surface area contributed by atoms with Gasteiger partial charge in [0, 0.05) is 7.05 Å². The van der Waals surface area contributed by atoms with Gasteiger partial charge in [-0.15, -0.1) is 0 Å². The molecule has 1 N–H and O–H groups in total. The Balaban J connectivity index is 2.89. The molecular formula is C7H9N5O. The lowest BCUT2D eigenvalue weighted by Gasteiger charge is -1.97. The van der Waals surface area contributed by atoms with E-state index in [-0.39, 0.29) is 0 Å². The van der Waals surface area contributed by atoms with Gasteiger partial charge in [-0.3, -0.25) is 0 Å². The van der Waals surface area contributed by atoms with Crippen LogP contribution in [0.3, 0.4) is 0 Å². The van der Waals surface area contributed by atoms with E-state index in [4.69, 9.17) is 4.84 Å². The van der Waals surface area contributed by atoms with E-state index in [0.717, 1.165) is 5.52 Å². The summed E-state index contributed by atoms with van der Waals surface area (Å²) in [7, 11) is 3.34. The average molecular weight is 179 g/mol. The number of aromatic nitrogens is 4. The second-order valence-electron chi connectivity index (χ2n) is 2.55. The quantitative estimate of drug-likeness (QED) is 0.614. The number of hydrogen-bond acceptors (Lipinski definition) is 4. The summed E-state index contributed by atoms with van der Waals surface area (Å²) >= 11 is 0.